The minimum Gasteiger partial charge on any atom is -0.348 e. The van der Waals surface area contributed by atoms with Crippen molar-refractivity contribution >= 4 is 15.9 Å². The SMILES string of the molecule is Cc1nn(C)c(C)c1C(=O)NCc1ccc(S(N)(=O)=O)cc1. The first-order chi connectivity index (χ1) is 10.2. The van der Waals surface area contributed by atoms with Gasteiger partial charge < -0.3 is 5.32 Å². The van der Waals surface area contributed by atoms with E-state index in [1.807, 2.05) is 6.92 Å². The van der Waals surface area contributed by atoms with Gasteiger partial charge in [-0.15, -0.1) is 0 Å². The molecule has 0 radical (unpaired) electrons. The molecule has 2 aromatic rings. The van der Waals surface area contributed by atoms with E-state index in [-0.39, 0.29) is 17.3 Å². The first-order valence-corrected chi connectivity index (χ1v) is 8.15. The van der Waals surface area contributed by atoms with Crippen molar-refractivity contribution in [3.63, 3.8) is 0 Å². The highest BCUT2D eigenvalue weighted by molar-refractivity contribution is 7.89. The van der Waals surface area contributed by atoms with Gasteiger partial charge in [0.25, 0.3) is 5.91 Å². The van der Waals surface area contributed by atoms with Gasteiger partial charge in [0.15, 0.2) is 0 Å². The number of aryl methyl sites for hydroxylation is 2. The fourth-order valence-electron chi connectivity index (χ4n) is 2.17. The number of aromatic nitrogens is 2. The predicted octanol–water partition coefficient (Wildman–Crippen LogP) is 0.614. The topological polar surface area (TPSA) is 107 Å². The summed E-state index contributed by atoms with van der Waals surface area (Å²) in [6, 6.07) is 6.06. The summed E-state index contributed by atoms with van der Waals surface area (Å²) in [5.74, 6) is -0.210. The minimum atomic E-state index is -3.70. The number of hydrogen-bond acceptors (Lipinski definition) is 4. The van der Waals surface area contributed by atoms with Crippen LogP contribution in [-0.2, 0) is 23.6 Å². The van der Waals surface area contributed by atoms with Crippen LogP contribution in [0.1, 0.15) is 27.3 Å². The number of amides is 1. The highest BCUT2D eigenvalue weighted by atomic mass is 32.2. The summed E-state index contributed by atoms with van der Waals surface area (Å²) >= 11 is 0. The van der Waals surface area contributed by atoms with E-state index in [9.17, 15) is 13.2 Å². The van der Waals surface area contributed by atoms with Crippen molar-refractivity contribution in [2.75, 3.05) is 0 Å². The van der Waals surface area contributed by atoms with Crippen molar-refractivity contribution in [2.24, 2.45) is 12.2 Å². The molecule has 1 aromatic heterocycles. The number of nitrogens with one attached hydrogen (secondary N) is 1. The average molecular weight is 322 g/mol. The second kappa shape index (κ2) is 5.90. The number of primary sulfonamides is 1. The molecule has 0 aliphatic rings. The van der Waals surface area contributed by atoms with Crippen LogP contribution in [0.5, 0.6) is 0 Å². The molecule has 2 rings (SSSR count). The van der Waals surface area contributed by atoms with Crippen molar-refractivity contribution in [1.29, 1.82) is 0 Å². The van der Waals surface area contributed by atoms with Crippen LogP contribution in [0.4, 0.5) is 0 Å². The van der Waals surface area contributed by atoms with Crippen LogP contribution in [0.15, 0.2) is 29.2 Å². The van der Waals surface area contributed by atoms with Crippen molar-refractivity contribution in [3.8, 4) is 0 Å². The van der Waals surface area contributed by atoms with Crippen molar-refractivity contribution in [1.82, 2.24) is 15.1 Å². The Kier molecular flexibility index (Phi) is 4.34. The van der Waals surface area contributed by atoms with Gasteiger partial charge in [0, 0.05) is 19.3 Å². The second-order valence-electron chi connectivity index (χ2n) is 5.04. The fourth-order valence-corrected chi connectivity index (χ4v) is 2.69. The van der Waals surface area contributed by atoms with Crippen LogP contribution in [0.2, 0.25) is 0 Å². The number of hydrogen-bond donors (Lipinski definition) is 2. The molecule has 1 aromatic carbocycles. The standard InChI is InChI=1S/C14H18N4O3S/c1-9-13(10(2)18(3)17-9)14(19)16-8-11-4-6-12(7-5-11)22(15,20)21/h4-7H,8H2,1-3H3,(H,16,19)(H2,15,20,21). The lowest BCUT2D eigenvalue weighted by molar-refractivity contribution is 0.0949. The van der Waals surface area contributed by atoms with Crippen LogP contribution in [-0.4, -0.2) is 24.1 Å². The molecular formula is C14H18N4O3S. The largest absolute Gasteiger partial charge is 0.348 e. The Hall–Kier alpha value is -2.19. The number of nitrogens with two attached hydrogens (primary N) is 1. The third kappa shape index (κ3) is 3.34. The summed E-state index contributed by atoms with van der Waals surface area (Å²) in [5, 5.41) is 12.0. The van der Waals surface area contributed by atoms with Gasteiger partial charge >= 0.3 is 0 Å². The Morgan fingerprint density at radius 3 is 2.32 bits per heavy atom. The van der Waals surface area contributed by atoms with Gasteiger partial charge in [-0.2, -0.15) is 5.10 Å². The summed E-state index contributed by atoms with van der Waals surface area (Å²) < 4.78 is 24.0. The molecule has 7 nitrogen and oxygen atoms in total. The first-order valence-electron chi connectivity index (χ1n) is 6.60. The molecule has 0 spiro atoms. The van der Waals surface area contributed by atoms with Crippen LogP contribution in [0.3, 0.4) is 0 Å². The summed E-state index contributed by atoms with van der Waals surface area (Å²) in [6.45, 7) is 3.90. The average Bonchev–Trinajstić information content (AvgIpc) is 2.69. The van der Waals surface area contributed by atoms with E-state index in [1.165, 1.54) is 12.1 Å². The smallest absolute Gasteiger partial charge is 0.255 e. The molecule has 3 N–H and O–H groups in total. The molecule has 1 heterocycles. The van der Waals surface area contributed by atoms with Crippen LogP contribution >= 0.6 is 0 Å². The number of carbonyl (C=O) groups is 1. The van der Waals surface area contributed by atoms with E-state index in [0.29, 0.717) is 11.3 Å². The number of nitrogens with zero attached hydrogens (tertiary/aromatic N) is 2. The van der Waals surface area contributed by atoms with E-state index < -0.39 is 10.0 Å². The van der Waals surface area contributed by atoms with Gasteiger partial charge in [-0.25, -0.2) is 13.6 Å². The molecule has 1 amide bonds. The fraction of sp³-hybridized carbons (Fsp3) is 0.286. The lowest BCUT2D eigenvalue weighted by atomic mass is 10.1. The molecule has 0 saturated carbocycles. The Morgan fingerprint density at radius 2 is 1.86 bits per heavy atom. The predicted molar refractivity (Wildman–Crippen MR) is 81.7 cm³/mol. The van der Waals surface area contributed by atoms with E-state index in [4.69, 9.17) is 5.14 Å². The molecule has 8 heteroatoms. The van der Waals surface area contributed by atoms with Crippen LogP contribution < -0.4 is 10.5 Å². The molecule has 0 atom stereocenters. The third-order valence-corrected chi connectivity index (χ3v) is 4.37. The Bertz CT molecular complexity index is 807. The van der Waals surface area contributed by atoms with E-state index in [1.54, 1.807) is 30.8 Å². The minimum absolute atomic E-state index is 0.0431. The highest BCUT2D eigenvalue weighted by Gasteiger charge is 2.16. The zero-order valence-electron chi connectivity index (χ0n) is 12.6. The molecule has 118 valence electrons. The molecule has 0 aliphatic carbocycles. The normalized spacial score (nSPS) is 11.5. The van der Waals surface area contributed by atoms with Crippen molar-refractivity contribution in [3.05, 3.63) is 46.8 Å². The number of benzene rings is 1. The van der Waals surface area contributed by atoms with Gasteiger partial charge in [0.05, 0.1) is 16.2 Å². The zero-order chi connectivity index (χ0) is 16.5. The lowest BCUT2D eigenvalue weighted by Crippen LogP contribution is -2.24. The first kappa shape index (κ1) is 16.2. The van der Waals surface area contributed by atoms with Crippen molar-refractivity contribution in [2.45, 2.75) is 25.3 Å². The van der Waals surface area contributed by atoms with Gasteiger partial charge in [-0.3, -0.25) is 9.48 Å². The Balaban J connectivity index is 2.08. The summed E-state index contributed by atoms with van der Waals surface area (Å²) in [6.07, 6.45) is 0. The molecule has 22 heavy (non-hydrogen) atoms. The Morgan fingerprint density at radius 1 is 1.27 bits per heavy atom. The van der Waals surface area contributed by atoms with Crippen LogP contribution in [0.25, 0.3) is 0 Å². The zero-order valence-corrected chi connectivity index (χ0v) is 13.4. The summed E-state index contributed by atoms with van der Waals surface area (Å²) in [5.41, 5.74) is 2.80. The summed E-state index contributed by atoms with van der Waals surface area (Å²) in [4.78, 5) is 12.3. The van der Waals surface area contributed by atoms with Crippen LogP contribution in [0, 0.1) is 13.8 Å². The maximum atomic E-state index is 12.2. The Labute approximate surface area is 129 Å². The second-order valence-corrected chi connectivity index (χ2v) is 6.60. The number of sulfonamides is 1. The molecule has 0 aliphatic heterocycles. The highest BCUT2D eigenvalue weighted by Crippen LogP contribution is 2.12. The van der Waals surface area contributed by atoms with E-state index >= 15 is 0 Å². The molecular weight excluding hydrogens is 304 g/mol. The van der Waals surface area contributed by atoms with E-state index in [0.717, 1.165) is 11.3 Å². The molecule has 0 unspecified atom stereocenters. The van der Waals surface area contributed by atoms with Crippen molar-refractivity contribution < 1.29 is 13.2 Å². The maximum absolute atomic E-state index is 12.2. The van der Waals surface area contributed by atoms with Gasteiger partial charge in [-0.05, 0) is 31.5 Å². The number of rotatable bonds is 4. The third-order valence-electron chi connectivity index (χ3n) is 3.44. The van der Waals surface area contributed by atoms with Gasteiger partial charge in [0.1, 0.15) is 0 Å². The van der Waals surface area contributed by atoms with E-state index in [2.05, 4.69) is 10.4 Å². The lowest BCUT2D eigenvalue weighted by Gasteiger charge is -2.06. The van der Waals surface area contributed by atoms with Gasteiger partial charge in [-0.1, -0.05) is 12.1 Å². The number of carbonyl (C=O) groups excluding carboxylic acids is 1. The monoisotopic (exact) mass is 322 g/mol. The maximum Gasteiger partial charge on any atom is 0.255 e. The summed E-state index contributed by atoms with van der Waals surface area (Å²) in [7, 11) is -1.92. The van der Waals surface area contributed by atoms with Gasteiger partial charge in [0.2, 0.25) is 10.0 Å². The quantitative estimate of drug-likeness (QED) is 0.860. The molecule has 0 fully saturated rings. The molecule has 0 bridgehead atoms. The molecule has 0 saturated heterocycles.